The number of hydrogen-bond donors (Lipinski definition) is 3. The number of H-pyrrole nitrogens is 1. The summed E-state index contributed by atoms with van der Waals surface area (Å²) in [7, 11) is 1.70. The molecule has 0 radical (unpaired) electrons. The molecule has 0 aliphatic carbocycles. The first-order valence-electron chi connectivity index (χ1n) is 13.0. The number of aromatic amines is 1. The van der Waals surface area contributed by atoms with Crippen LogP contribution in [0.25, 0.3) is 11.3 Å². The third-order valence-electron chi connectivity index (χ3n) is 7.21. The van der Waals surface area contributed by atoms with E-state index in [1.54, 1.807) is 36.2 Å². The van der Waals surface area contributed by atoms with Crippen molar-refractivity contribution in [3.8, 4) is 11.3 Å². The molecule has 0 saturated heterocycles. The van der Waals surface area contributed by atoms with E-state index < -0.39 is 36.3 Å². The average molecular weight is 566 g/mol. The molecule has 0 spiro atoms. The Labute approximate surface area is 233 Å². The van der Waals surface area contributed by atoms with Crippen molar-refractivity contribution in [3.63, 3.8) is 0 Å². The summed E-state index contributed by atoms with van der Waals surface area (Å²) in [6.45, 7) is 1.92. The molecule has 0 saturated carbocycles. The fourth-order valence-electron chi connectivity index (χ4n) is 4.92. The molecule has 5 rings (SSSR count). The van der Waals surface area contributed by atoms with Crippen LogP contribution in [0.4, 0.5) is 34.8 Å². The number of alkyl halides is 2. The van der Waals surface area contributed by atoms with Gasteiger partial charge in [-0.25, -0.2) is 22.5 Å². The monoisotopic (exact) mass is 565 g/mol. The molecule has 2 aromatic heterocycles. The fourth-order valence-corrected chi connectivity index (χ4v) is 4.92. The molecule has 3 heterocycles. The zero-order valence-electron chi connectivity index (χ0n) is 22.2. The largest absolute Gasteiger partial charge is 0.356 e. The third kappa shape index (κ3) is 5.79. The van der Waals surface area contributed by atoms with Crippen LogP contribution >= 0.6 is 0 Å². The lowest BCUT2D eigenvalue weighted by Gasteiger charge is -2.30. The molecule has 0 fully saturated rings. The van der Waals surface area contributed by atoms with Gasteiger partial charge in [-0.05, 0) is 48.9 Å². The number of para-hydroxylation sites is 1. The maximum Gasteiger partial charge on any atom is 0.257 e. The van der Waals surface area contributed by atoms with Crippen molar-refractivity contribution in [3.05, 3.63) is 95.3 Å². The van der Waals surface area contributed by atoms with Crippen molar-refractivity contribution >= 4 is 29.0 Å². The molecule has 212 valence electrons. The summed E-state index contributed by atoms with van der Waals surface area (Å²) in [5.74, 6) is -3.19. The van der Waals surface area contributed by atoms with Gasteiger partial charge in [0.2, 0.25) is 12.3 Å². The number of pyridine rings is 1. The summed E-state index contributed by atoms with van der Waals surface area (Å²) in [5.41, 5.74) is 2.80. The Hall–Kier alpha value is -4.67. The van der Waals surface area contributed by atoms with Crippen LogP contribution in [0, 0.1) is 11.6 Å². The highest BCUT2D eigenvalue weighted by molar-refractivity contribution is 6.06. The standard InChI is InChI=1S/C30H27F4N5O2/c1-16-13-23-26(30(41)39(16)2)28(36-22-6-4-3-5-21(22)32)27(37-23)18-11-12-35-25(14-18)38-29(40)20(15-24(33)34)17-7-9-19(31)10-8-17/h3-12,14,16,20,24,36-37H,13,15H2,1-2H3,(H,35,38,40). The highest BCUT2D eigenvalue weighted by atomic mass is 19.3. The Balaban J connectivity index is 1.51. The van der Waals surface area contributed by atoms with E-state index in [4.69, 9.17) is 0 Å². The molecule has 7 nitrogen and oxygen atoms in total. The van der Waals surface area contributed by atoms with Crippen LogP contribution in [0.15, 0.2) is 66.9 Å². The second-order valence-electron chi connectivity index (χ2n) is 9.95. The molecule has 2 aromatic carbocycles. The lowest BCUT2D eigenvalue weighted by molar-refractivity contribution is -0.118. The Morgan fingerprint density at radius 1 is 1.12 bits per heavy atom. The predicted octanol–water partition coefficient (Wildman–Crippen LogP) is 6.49. The number of likely N-dealkylation sites (N-methyl/N-ethyl adjacent to an activating group) is 1. The molecule has 2 atom stereocenters. The first kappa shape index (κ1) is 27.9. The molecule has 1 aliphatic heterocycles. The van der Waals surface area contributed by atoms with Crippen molar-refractivity contribution in [1.82, 2.24) is 14.9 Å². The first-order valence-corrected chi connectivity index (χ1v) is 13.0. The number of carbonyl (C=O) groups excluding carboxylic acids is 2. The summed E-state index contributed by atoms with van der Waals surface area (Å²) in [5, 5.41) is 5.65. The van der Waals surface area contributed by atoms with Gasteiger partial charge in [0.15, 0.2) is 0 Å². The number of fused-ring (bicyclic) bond motifs is 1. The van der Waals surface area contributed by atoms with Crippen LogP contribution < -0.4 is 10.6 Å². The second-order valence-corrected chi connectivity index (χ2v) is 9.95. The molecule has 41 heavy (non-hydrogen) atoms. The maximum absolute atomic E-state index is 14.6. The fraction of sp³-hybridized carbons (Fsp3) is 0.233. The van der Waals surface area contributed by atoms with Crippen molar-refractivity contribution in [2.24, 2.45) is 0 Å². The molecule has 0 bridgehead atoms. The summed E-state index contributed by atoms with van der Waals surface area (Å²) in [4.78, 5) is 35.5. The first-order chi connectivity index (χ1) is 19.6. The van der Waals surface area contributed by atoms with E-state index in [2.05, 4.69) is 20.6 Å². The van der Waals surface area contributed by atoms with Crippen molar-refractivity contribution in [2.75, 3.05) is 17.7 Å². The molecular formula is C30H27F4N5O2. The lowest BCUT2D eigenvalue weighted by atomic mass is 9.95. The van der Waals surface area contributed by atoms with Gasteiger partial charge in [-0.1, -0.05) is 24.3 Å². The predicted molar refractivity (Wildman–Crippen MR) is 147 cm³/mol. The number of aromatic nitrogens is 2. The molecule has 2 amide bonds. The zero-order chi connectivity index (χ0) is 29.3. The van der Waals surface area contributed by atoms with E-state index in [0.717, 1.165) is 12.1 Å². The quantitative estimate of drug-likeness (QED) is 0.213. The van der Waals surface area contributed by atoms with Crippen molar-refractivity contribution in [1.29, 1.82) is 0 Å². The number of anilines is 3. The Bertz CT molecular complexity index is 1590. The van der Waals surface area contributed by atoms with Crippen LogP contribution in [0.5, 0.6) is 0 Å². The van der Waals surface area contributed by atoms with Crippen LogP contribution in [0.1, 0.15) is 40.9 Å². The Morgan fingerprint density at radius 2 is 1.85 bits per heavy atom. The van der Waals surface area contributed by atoms with Crippen LogP contribution in [-0.2, 0) is 11.2 Å². The van der Waals surface area contributed by atoms with Crippen LogP contribution in [0.3, 0.4) is 0 Å². The van der Waals surface area contributed by atoms with Gasteiger partial charge in [-0.2, -0.15) is 0 Å². The molecule has 3 N–H and O–H groups in total. The Morgan fingerprint density at radius 3 is 2.56 bits per heavy atom. The highest BCUT2D eigenvalue weighted by Gasteiger charge is 2.34. The normalized spacial score (nSPS) is 15.5. The second kappa shape index (κ2) is 11.4. The SMILES string of the molecule is CC1Cc2[nH]c(-c3ccnc(NC(=O)C(CC(F)F)c4ccc(F)cc4)c3)c(Nc3ccccc3F)c2C(=O)N1C. The van der Waals surface area contributed by atoms with E-state index in [0.29, 0.717) is 34.6 Å². The van der Waals surface area contributed by atoms with Gasteiger partial charge in [-0.15, -0.1) is 0 Å². The summed E-state index contributed by atoms with van der Waals surface area (Å²) in [6, 6.07) is 14.0. The number of nitrogens with zero attached hydrogens (tertiary/aromatic N) is 2. The van der Waals surface area contributed by atoms with Gasteiger partial charge < -0.3 is 20.5 Å². The number of hydrogen-bond acceptors (Lipinski definition) is 4. The summed E-state index contributed by atoms with van der Waals surface area (Å²) in [6.07, 6.45) is -1.57. The van der Waals surface area contributed by atoms with Crippen molar-refractivity contribution < 1.29 is 27.2 Å². The summed E-state index contributed by atoms with van der Waals surface area (Å²) < 4.78 is 54.7. The average Bonchev–Trinajstić information content (AvgIpc) is 3.30. The molecule has 11 heteroatoms. The molecule has 1 aliphatic rings. The van der Waals surface area contributed by atoms with Crippen molar-refractivity contribution in [2.45, 2.75) is 38.2 Å². The van der Waals surface area contributed by atoms with Gasteiger partial charge >= 0.3 is 0 Å². The van der Waals surface area contributed by atoms with Crippen LogP contribution in [0.2, 0.25) is 0 Å². The summed E-state index contributed by atoms with van der Waals surface area (Å²) >= 11 is 0. The van der Waals surface area contributed by atoms with E-state index in [-0.39, 0.29) is 29.0 Å². The highest BCUT2D eigenvalue weighted by Crippen LogP contribution is 2.39. The Kier molecular flexibility index (Phi) is 7.78. The molecular weight excluding hydrogens is 538 g/mol. The third-order valence-corrected chi connectivity index (χ3v) is 7.21. The number of benzene rings is 2. The van der Waals surface area contributed by atoms with Gasteiger partial charge in [0.05, 0.1) is 28.6 Å². The topological polar surface area (TPSA) is 90.1 Å². The number of halogens is 4. The van der Waals surface area contributed by atoms with E-state index in [1.807, 2.05) is 6.92 Å². The van der Waals surface area contributed by atoms with E-state index in [1.165, 1.54) is 30.5 Å². The minimum atomic E-state index is -2.77. The smallest absolute Gasteiger partial charge is 0.257 e. The van der Waals surface area contributed by atoms with E-state index in [9.17, 15) is 27.2 Å². The maximum atomic E-state index is 14.6. The van der Waals surface area contributed by atoms with Gasteiger partial charge in [0.1, 0.15) is 17.5 Å². The molecule has 2 unspecified atom stereocenters. The minimum absolute atomic E-state index is 0.0756. The minimum Gasteiger partial charge on any atom is -0.356 e. The molecule has 4 aromatic rings. The van der Waals surface area contributed by atoms with Gasteiger partial charge in [0.25, 0.3) is 5.91 Å². The zero-order valence-corrected chi connectivity index (χ0v) is 22.2. The number of nitrogens with one attached hydrogen (secondary N) is 3. The van der Waals surface area contributed by atoms with Crippen LogP contribution in [-0.4, -0.2) is 46.2 Å². The van der Waals surface area contributed by atoms with Gasteiger partial charge in [-0.3, -0.25) is 9.59 Å². The van der Waals surface area contributed by atoms with Gasteiger partial charge in [0, 0.05) is 43.4 Å². The number of rotatable bonds is 8. The van der Waals surface area contributed by atoms with E-state index >= 15 is 0 Å². The number of carbonyl (C=O) groups is 2. The lowest BCUT2D eigenvalue weighted by Crippen LogP contribution is -2.41. The number of amides is 2.